The summed E-state index contributed by atoms with van der Waals surface area (Å²) in [6, 6.07) is 6.11. The van der Waals surface area contributed by atoms with Gasteiger partial charge in [-0.25, -0.2) is 9.37 Å². The van der Waals surface area contributed by atoms with Crippen LogP contribution in [0.2, 0.25) is 0 Å². The minimum atomic E-state index is -0.370. The summed E-state index contributed by atoms with van der Waals surface area (Å²) < 4.78 is 23.8. The second kappa shape index (κ2) is 7.47. The number of rotatable bonds is 5. The number of nitrogens with zero attached hydrogens (tertiary/aromatic N) is 2. The highest BCUT2D eigenvalue weighted by molar-refractivity contribution is 5.92. The minimum Gasteiger partial charge on any atom is -0.484 e. The van der Waals surface area contributed by atoms with Gasteiger partial charge in [-0.15, -0.1) is 0 Å². The summed E-state index contributed by atoms with van der Waals surface area (Å²) in [5.74, 6) is 0.174. The van der Waals surface area contributed by atoms with Crippen LogP contribution in [0, 0.1) is 5.82 Å². The highest BCUT2D eigenvalue weighted by Crippen LogP contribution is 2.23. The van der Waals surface area contributed by atoms with Crippen LogP contribution in [0.1, 0.15) is 48.5 Å². The van der Waals surface area contributed by atoms with Crippen LogP contribution < -0.4 is 4.74 Å². The number of benzene rings is 1. The first-order valence-corrected chi connectivity index (χ1v) is 8.23. The second-order valence-electron chi connectivity index (χ2n) is 6.08. The molecule has 0 radical (unpaired) electrons. The predicted octanol–water partition coefficient (Wildman–Crippen LogP) is 3.80. The molecule has 0 spiro atoms. The van der Waals surface area contributed by atoms with Gasteiger partial charge in [0, 0.05) is 19.2 Å². The van der Waals surface area contributed by atoms with Crippen molar-refractivity contribution in [2.24, 2.45) is 0 Å². The number of hydrogen-bond donors (Lipinski definition) is 0. The number of aromatic nitrogens is 1. The first-order valence-electron chi connectivity index (χ1n) is 8.23. The van der Waals surface area contributed by atoms with Crippen LogP contribution in [0.25, 0.3) is 0 Å². The number of hydrogen-bond acceptors (Lipinski definition) is 4. The molecule has 1 aliphatic carbocycles. The van der Waals surface area contributed by atoms with Crippen LogP contribution in [0.3, 0.4) is 0 Å². The Labute approximate surface area is 140 Å². The lowest BCUT2D eigenvalue weighted by molar-refractivity contribution is 0.0690. The number of carbonyl (C=O) groups is 1. The van der Waals surface area contributed by atoms with E-state index in [1.54, 1.807) is 17.0 Å². The Morgan fingerprint density at radius 3 is 2.92 bits per heavy atom. The van der Waals surface area contributed by atoms with Crippen molar-refractivity contribution in [3.63, 3.8) is 0 Å². The van der Waals surface area contributed by atoms with E-state index in [0.717, 1.165) is 25.7 Å². The van der Waals surface area contributed by atoms with Gasteiger partial charge < -0.3 is 14.1 Å². The molecule has 0 N–H and O–H groups in total. The zero-order chi connectivity index (χ0) is 16.9. The third kappa shape index (κ3) is 3.93. The molecule has 1 amide bonds. The van der Waals surface area contributed by atoms with Crippen molar-refractivity contribution in [1.29, 1.82) is 0 Å². The molecule has 0 bridgehead atoms. The summed E-state index contributed by atoms with van der Waals surface area (Å²) in [4.78, 5) is 18.4. The third-order valence-electron chi connectivity index (χ3n) is 4.37. The SMILES string of the molecule is CN(C(=O)c1coc(COc2cccc(F)c2)n1)C1CCCCC1. The maximum atomic E-state index is 13.1. The molecule has 128 valence electrons. The largest absolute Gasteiger partial charge is 0.484 e. The molecule has 2 aromatic rings. The smallest absolute Gasteiger partial charge is 0.275 e. The summed E-state index contributed by atoms with van der Waals surface area (Å²) in [5, 5.41) is 0. The van der Waals surface area contributed by atoms with Gasteiger partial charge in [-0.2, -0.15) is 0 Å². The summed E-state index contributed by atoms with van der Waals surface area (Å²) in [5.41, 5.74) is 0.279. The average molecular weight is 332 g/mol. The van der Waals surface area contributed by atoms with E-state index in [9.17, 15) is 9.18 Å². The van der Waals surface area contributed by atoms with Gasteiger partial charge in [0.25, 0.3) is 5.91 Å². The zero-order valence-electron chi connectivity index (χ0n) is 13.7. The summed E-state index contributed by atoms with van der Waals surface area (Å²) in [7, 11) is 1.82. The molecule has 1 fully saturated rings. The highest BCUT2D eigenvalue weighted by atomic mass is 19.1. The van der Waals surface area contributed by atoms with E-state index >= 15 is 0 Å². The molecular formula is C18H21FN2O3. The lowest BCUT2D eigenvalue weighted by Crippen LogP contribution is -2.38. The van der Waals surface area contributed by atoms with Crippen LogP contribution in [-0.2, 0) is 6.61 Å². The van der Waals surface area contributed by atoms with Gasteiger partial charge in [0.15, 0.2) is 12.3 Å². The first-order chi connectivity index (χ1) is 11.6. The molecule has 1 aromatic carbocycles. The van der Waals surface area contributed by atoms with Gasteiger partial charge in [-0.05, 0) is 25.0 Å². The molecule has 3 rings (SSSR count). The third-order valence-corrected chi connectivity index (χ3v) is 4.37. The summed E-state index contributed by atoms with van der Waals surface area (Å²) in [6.45, 7) is 0.0455. The van der Waals surface area contributed by atoms with E-state index < -0.39 is 0 Å². The molecule has 24 heavy (non-hydrogen) atoms. The number of carbonyl (C=O) groups excluding carboxylic acids is 1. The molecule has 0 unspecified atom stereocenters. The van der Waals surface area contributed by atoms with E-state index in [1.165, 1.54) is 24.8 Å². The summed E-state index contributed by atoms with van der Waals surface area (Å²) in [6.07, 6.45) is 6.99. The van der Waals surface area contributed by atoms with Crippen LogP contribution in [0.4, 0.5) is 4.39 Å². The van der Waals surface area contributed by atoms with Gasteiger partial charge >= 0.3 is 0 Å². The first kappa shape index (κ1) is 16.5. The summed E-state index contributed by atoms with van der Waals surface area (Å²) >= 11 is 0. The molecule has 1 heterocycles. The predicted molar refractivity (Wildman–Crippen MR) is 86.2 cm³/mol. The molecule has 0 saturated heterocycles. The number of halogens is 1. The van der Waals surface area contributed by atoms with Gasteiger partial charge in [0.1, 0.15) is 17.8 Å². The normalized spacial score (nSPS) is 15.2. The quantitative estimate of drug-likeness (QED) is 0.836. The van der Waals surface area contributed by atoms with Crippen molar-refractivity contribution in [3.8, 4) is 5.75 Å². The minimum absolute atomic E-state index is 0.0455. The van der Waals surface area contributed by atoms with Crippen LogP contribution in [0.5, 0.6) is 5.75 Å². The van der Waals surface area contributed by atoms with Crippen LogP contribution >= 0.6 is 0 Å². The van der Waals surface area contributed by atoms with E-state index in [4.69, 9.17) is 9.15 Å². The molecule has 6 heteroatoms. The molecular weight excluding hydrogens is 311 g/mol. The Balaban J connectivity index is 1.59. The Morgan fingerprint density at radius 2 is 2.17 bits per heavy atom. The van der Waals surface area contributed by atoms with Gasteiger partial charge in [-0.1, -0.05) is 25.3 Å². The molecule has 1 aromatic heterocycles. The highest BCUT2D eigenvalue weighted by Gasteiger charge is 2.25. The van der Waals surface area contributed by atoms with Crippen molar-refractivity contribution >= 4 is 5.91 Å². The van der Waals surface area contributed by atoms with Crippen LogP contribution in [-0.4, -0.2) is 28.9 Å². The van der Waals surface area contributed by atoms with E-state index in [0.29, 0.717) is 11.6 Å². The molecule has 1 aliphatic rings. The fraction of sp³-hybridized carbons (Fsp3) is 0.444. The zero-order valence-corrected chi connectivity index (χ0v) is 13.7. The Bertz CT molecular complexity index is 695. The number of amides is 1. The maximum absolute atomic E-state index is 13.1. The van der Waals surface area contributed by atoms with Crippen molar-refractivity contribution in [2.45, 2.75) is 44.8 Å². The topological polar surface area (TPSA) is 55.6 Å². The van der Waals surface area contributed by atoms with Crippen LogP contribution in [0.15, 0.2) is 34.9 Å². The average Bonchev–Trinajstić information content (AvgIpc) is 3.08. The fourth-order valence-corrected chi connectivity index (χ4v) is 2.99. The molecule has 0 aliphatic heterocycles. The fourth-order valence-electron chi connectivity index (χ4n) is 2.99. The van der Waals surface area contributed by atoms with E-state index in [2.05, 4.69) is 4.98 Å². The Kier molecular flexibility index (Phi) is 5.13. The Morgan fingerprint density at radius 1 is 1.38 bits per heavy atom. The monoisotopic (exact) mass is 332 g/mol. The second-order valence-corrected chi connectivity index (χ2v) is 6.08. The lowest BCUT2D eigenvalue weighted by atomic mass is 9.94. The molecule has 5 nitrogen and oxygen atoms in total. The van der Waals surface area contributed by atoms with E-state index in [1.807, 2.05) is 7.05 Å². The van der Waals surface area contributed by atoms with Gasteiger partial charge in [0.05, 0.1) is 0 Å². The Hall–Kier alpha value is -2.37. The van der Waals surface area contributed by atoms with Gasteiger partial charge in [-0.3, -0.25) is 4.79 Å². The van der Waals surface area contributed by atoms with E-state index in [-0.39, 0.29) is 30.1 Å². The van der Waals surface area contributed by atoms with Crippen molar-refractivity contribution in [2.75, 3.05) is 7.05 Å². The molecule has 0 atom stereocenters. The number of ether oxygens (including phenoxy) is 1. The maximum Gasteiger partial charge on any atom is 0.275 e. The molecule has 1 saturated carbocycles. The van der Waals surface area contributed by atoms with Crippen molar-refractivity contribution in [3.05, 3.63) is 47.9 Å². The number of oxazole rings is 1. The standard InChI is InChI=1S/C18H21FN2O3/c1-21(14-7-3-2-4-8-14)18(22)16-11-24-17(20-16)12-23-15-9-5-6-13(19)10-15/h5-6,9-11,14H,2-4,7-8,12H2,1H3. The lowest BCUT2D eigenvalue weighted by Gasteiger charge is -2.30. The van der Waals surface area contributed by atoms with Crippen molar-refractivity contribution < 1.29 is 18.3 Å². The van der Waals surface area contributed by atoms with Gasteiger partial charge in [0.2, 0.25) is 5.89 Å². The van der Waals surface area contributed by atoms with Crippen molar-refractivity contribution in [1.82, 2.24) is 9.88 Å².